The first-order chi connectivity index (χ1) is 9.24. The number of hydrogen-bond donors (Lipinski definition) is 1. The standard InChI is InChI=1S/C17H29NO/c1-4-11-18-17(16-10-9-13(3)19-16)15-8-6-7-14(5-2)12-15/h9-10,14-15,17-18H,4-8,11-12H2,1-3H3. The summed E-state index contributed by atoms with van der Waals surface area (Å²) in [5, 5.41) is 3.72. The van der Waals surface area contributed by atoms with Crippen molar-refractivity contribution >= 4 is 0 Å². The van der Waals surface area contributed by atoms with E-state index in [1.807, 2.05) is 6.92 Å². The van der Waals surface area contributed by atoms with E-state index in [1.165, 1.54) is 38.5 Å². The van der Waals surface area contributed by atoms with E-state index < -0.39 is 0 Å². The minimum atomic E-state index is 0.419. The maximum Gasteiger partial charge on any atom is 0.121 e. The molecule has 1 aliphatic rings. The Kier molecular flexibility index (Phi) is 5.50. The molecule has 108 valence electrons. The van der Waals surface area contributed by atoms with E-state index in [0.29, 0.717) is 6.04 Å². The van der Waals surface area contributed by atoms with Crippen LogP contribution in [0.5, 0.6) is 0 Å². The SMILES string of the molecule is CCCNC(c1ccc(C)o1)C1CCCC(CC)C1. The van der Waals surface area contributed by atoms with Crippen molar-refractivity contribution in [3.63, 3.8) is 0 Å². The van der Waals surface area contributed by atoms with Gasteiger partial charge in [0.15, 0.2) is 0 Å². The van der Waals surface area contributed by atoms with Gasteiger partial charge in [-0.05, 0) is 56.7 Å². The molecule has 0 radical (unpaired) electrons. The number of hydrogen-bond acceptors (Lipinski definition) is 2. The highest BCUT2D eigenvalue weighted by atomic mass is 16.3. The van der Waals surface area contributed by atoms with Gasteiger partial charge in [0.2, 0.25) is 0 Å². The lowest BCUT2D eigenvalue weighted by Gasteiger charge is -2.34. The Morgan fingerprint density at radius 2 is 2.16 bits per heavy atom. The Balaban J connectivity index is 2.08. The molecule has 0 aromatic carbocycles. The third-order valence-electron chi connectivity index (χ3n) is 4.55. The lowest BCUT2D eigenvalue weighted by molar-refractivity contribution is 0.193. The van der Waals surface area contributed by atoms with Crippen molar-refractivity contribution < 1.29 is 4.42 Å². The van der Waals surface area contributed by atoms with Gasteiger partial charge in [-0.3, -0.25) is 0 Å². The molecule has 2 nitrogen and oxygen atoms in total. The van der Waals surface area contributed by atoms with Gasteiger partial charge in [0.05, 0.1) is 6.04 Å². The average Bonchev–Trinajstić information content (AvgIpc) is 2.86. The van der Waals surface area contributed by atoms with E-state index in [0.717, 1.165) is 29.9 Å². The minimum absolute atomic E-state index is 0.419. The topological polar surface area (TPSA) is 25.2 Å². The van der Waals surface area contributed by atoms with E-state index in [4.69, 9.17) is 4.42 Å². The fourth-order valence-electron chi connectivity index (χ4n) is 3.43. The van der Waals surface area contributed by atoms with Gasteiger partial charge in [-0.15, -0.1) is 0 Å². The lowest BCUT2D eigenvalue weighted by Crippen LogP contribution is -2.32. The van der Waals surface area contributed by atoms with E-state index in [9.17, 15) is 0 Å². The average molecular weight is 263 g/mol. The smallest absolute Gasteiger partial charge is 0.121 e. The lowest BCUT2D eigenvalue weighted by atomic mass is 9.76. The molecule has 0 saturated heterocycles. The fourth-order valence-corrected chi connectivity index (χ4v) is 3.43. The Labute approximate surface area is 118 Å². The van der Waals surface area contributed by atoms with Gasteiger partial charge in [0.1, 0.15) is 11.5 Å². The maximum absolute atomic E-state index is 5.90. The zero-order chi connectivity index (χ0) is 13.7. The number of rotatable bonds is 6. The van der Waals surface area contributed by atoms with Crippen molar-refractivity contribution in [3.8, 4) is 0 Å². The van der Waals surface area contributed by atoms with Crippen LogP contribution in [0.15, 0.2) is 16.5 Å². The first-order valence-electron chi connectivity index (χ1n) is 8.04. The molecule has 1 aromatic rings. The summed E-state index contributed by atoms with van der Waals surface area (Å²) in [6, 6.07) is 4.68. The van der Waals surface area contributed by atoms with Crippen molar-refractivity contribution in [1.29, 1.82) is 0 Å². The van der Waals surface area contributed by atoms with Crippen LogP contribution in [0.3, 0.4) is 0 Å². The Bertz CT molecular complexity index is 371. The summed E-state index contributed by atoms with van der Waals surface area (Å²) in [5.41, 5.74) is 0. The molecule has 19 heavy (non-hydrogen) atoms. The van der Waals surface area contributed by atoms with Gasteiger partial charge >= 0.3 is 0 Å². The molecule has 1 saturated carbocycles. The third-order valence-corrected chi connectivity index (χ3v) is 4.55. The van der Waals surface area contributed by atoms with Crippen LogP contribution in [0, 0.1) is 18.8 Å². The second-order valence-electron chi connectivity index (χ2n) is 6.08. The predicted molar refractivity (Wildman–Crippen MR) is 80.2 cm³/mol. The van der Waals surface area contributed by atoms with Crippen molar-refractivity contribution in [2.75, 3.05) is 6.54 Å². The highest BCUT2D eigenvalue weighted by Gasteiger charge is 2.30. The largest absolute Gasteiger partial charge is 0.465 e. The molecule has 2 heteroatoms. The quantitative estimate of drug-likeness (QED) is 0.794. The highest BCUT2D eigenvalue weighted by Crippen LogP contribution is 2.38. The molecule has 2 rings (SSSR count). The first kappa shape index (κ1) is 14.6. The molecule has 1 fully saturated rings. The van der Waals surface area contributed by atoms with Crippen LogP contribution in [0.2, 0.25) is 0 Å². The van der Waals surface area contributed by atoms with Gasteiger partial charge < -0.3 is 9.73 Å². The van der Waals surface area contributed by atoms with E-state index >= 15 is 0 Å². The number of nitrogens with one attached hydrogen (secondary N) is 1. The van der Waals surface area contributed by atoms with Crippen LogP contribution in [-0.4, -0.2) is 6.54 Å². The summed E-state index contributed by atoms with van der Waals surface area (Å²) >= 11 is 0. The van der Waals surface area contributed by atoms with Crippen LogP contribution in [-0.2, 0) is 0 Å². The van der Waals surface area contributed by atoms with Crippen LogP contribution >= 0.6 is 0 Å². The van der Waals surface area contributed by atoms with Crippen LogP contribution < -0.4 is 5.32 Å². The summed E-state index contributed by atoms with van der Waals surface area (Å²) in [6.07, 6.45) is 8.02. The molecule has 1 aliphatic carbocycles. The van der Waals surface area contributed by atoms with E-state index in [1.54, 1.807) is 0 Å². The Hall–Kier alpha value is -0.760. The van der Waals surface area contributed by atoms with Crippen LogP contribution in [0.25, 0.3) is 0 Å². The molecule has 3 unspecified atom stereocenters. The molecular weight excluding hydrogens is 234 g/mol. The molecule has 1 heterocycles. The second kappa shape index (κ2) is 7.14. The molecule has 0 aliphatic heterocycles. The van der Waals surface area contributed by atoms with Gasteiger partial charge in [-0.25, -0.2) is 0 Å². The summed E-state index contributed by atoms with van der Waals surface area (Å²) < 4.78 is 5.90. The summed E-state index contributed by atoms with van der Waals surface area (Å²) in [4.78, 5) is 0. The molecule has 1 N–H and O–H groups in total. The van der Waals surface area contributed by atoms with Gasteiger partial charge in [-0.1, -0.05) is 33.1 Å². The van der Waals surface area contributed by atoms with Gasteiger partial charge in [0, 0.05) is 0 Å². The summed E-state index contributed by atoms with van der Waals surface area (Å²) in [7, 11) is 0. The fraction of sp³-hybridized carbons (Fsp3) is 0.765. The highest BCUT2D eigenvalue weighted by molar-refractivity contribution is 5.11. The van der Waals surface area contributed by atoms with Gasteiger partial charge in [0.25, 0.3) is 0 Å². The summed E-state index contributed by atoms with van der Waals surface area (Å²) in [6.45, 7) is 7.68. The number of aryl methyl sites for hydroxylation is 1. The van der Waals surface area contributed by atoms with E-state index in [2.05, 4.69) is 31.3 Å². The normalized spacial score (nSPS) is 25.4. The third kappa shape index (κ3) is 3.85. The maximum atomic E-state index is 5.90. The second-order valence-corrected chi connectivity index (χ2v) is 6.08. The number of furan rings is 1. The monoisotopic (exact) mass is 263 g/mol. The zero-order valence-corrected chi connectivity index (χ0v) is 12.7. The summed E-state index contributed by atoms with van der Waals surface area (Å²) in [5.74, 6) is 3.84. The molecule has 0 spiro atoms. The molecule has 1 aromatic heterocycles. The van der Waals surface area contributed by atoms with Crippen LogP contribution in [0.4, 0.5) is 0 Å². The van der Waals surface area contributed by atoms with Crippen molar-refractivity contribution in [2.24, 2.45) is 11.8 Å². The predicted octanol–water partition coefficient (Wildman–Crippen LogP) is 4.85. The molecule has 0 bridgehead atoms. The van der Waals surface area contributed by atoms with Crippen molar-refractivity contribution in [2.45, 2.75) is 65.3 Å². The Morgan fingerprint density at radius 1 is 1.32 bits per heavy atom. The minimum Gasteiger partial charge on any atom is -0.465 e. The molecular formula is C17H29NO. The molecule has 3 atom stereocenters. The van der Waals surface area contributed by atoms with Gasteiger partial charge in [-0.2, -0.15) is 0 Å². The molecule has 0 amide bonds. The van der Waals surface area contributed by atoms with Crippen LogP contribution in [0.1, 0.15) is 69.9 Å². The van der Waals surface area contributed by atoms with Crippen molar-refractivity contribution in [1.82, 2.24) is 5.32 Å². The first-order valence-corrected chi connectivity index (χ1v) is 8.04. The Morgan fingerprint density at radius 3 is 2.79 bits per heavy atom. The van der Waals surface area contributed by atoms with E-state index in [-0.39, 0.29) is 0 Å². The zero-order valence-electron chi connectivity index (χ0n) is 12.7. The van der Waals surface area contributed by atoms with Crippen molar-refractivity contribution in [3.05, 3.63) is 23.7 Å².